The monoisotopic (exact) mass is 346 g/mol. The number of rotatable bonds is 9. The highest BCUT2D eigenvalue weighted by molar-refractivity contribution is 5.56. The van der Waals surface area contributed by atoms with Crippen LogP contribution in [-0.4, -0.2) is 30.3 Å². The minimum atomic E-state index is -0.721. The molecule has 0 heterocycles. The number of nitro groups is 1. The van der Waals surface area contributed by atoms with E-state index in [0.29, 0.717) is 17.9 Å². The van der Waals surface area contributed by atoms with Gasteiger partial charge in [0, 0.05) is 36.5 Å². The Labute approximate surface area is 146 Å². The second kappa shape index (κ2) is 9.00. The number of aliphatic hydroxyl groups excluding tert-OH is 1. The van der Waals surface area contributed by atoms with Gasteiger partial charge in [0.05, 0.1) is 24.7 Å². The lowest BCUT2D eigenvalue weighted by atomic mass is 10.1. The van der Waals surface area contributed by atoms with Crippen LogP contribution >= 0.6 is 0 Å². The molecule has 0 unspecified atom stereocenters. The predicted molar refractivity (Wildman–Crippen MR) is 94.9 cm³/mol. The first-order valence-electron chi connectivity index (χ1n) is 7.96. The van der Waals surface area contributed by atoms with Gasteiger partial charge in [-0.15, -0.1) is 0 Å². The summed E-state index contributed by atoms with van der Waals surface area (Å²) in [5.41, 5.74) is 2.14. The molecule has 0 aliphatic carbocycles. The SMILES string of the molecule is CCOCc1cc([N+](=O)[O-])ccc1NC[C@H](O)c1ccc(OC)cc1. The molecule has 0 aliphatic heterocycles. The van der Waals surface area contributed by atoms with Crippen LogP contribution in [0.1, 0.15) is 24.2 Å². The fourth-order valence-electron chi connectivity index (χ4n) is 2.35. The van der Waals surface area contributed by atoms with Crippen molar-refractivity contribution in [1.82, 2.24) is 0 Å². The molecule has 0 aliphatic rings. The molecule has 0 radical (unpaired) electrons. The van der Waals surface area contributed by atoms with Gasteiger partial charge < -0.3 is 19.9 Å². The van der Waals surface area contributed by atoms with Crippen LogP contribution < -0.4 is 10.1 Å². The first-order chi connectivity index (χ1) is 12.0. The number of nitrogens with zero attached hydrogens (tertiary/aromatic N) is 1. The molecule has 0 saturated carbocycles. The number of hydrogen-bond acceptors (Lipinski definition) is 6. The molecule has 2 aromatic carbocycles. The van der Waals surface area contributed by atoms with Gasteiger partial charge >= 0.3 is 0 Å². The Morgan fingerprint density at radius 1 is 1.24 bits per heavy atom. The van der Waals surface area contributed by atoms with E-state index < -0.39 is 11.0 Å². The van der Waals surface area contributed by atoms with Crippen molar-refractivity contribution in [1.29, 1.82) is 0 Å². The summed E-state index contributed by atoms with van der Waals surface area (Å²) in [5.74, 6) is 0.721. The van der Waals surface area contributed by atoms with Gasteiger partial charge in [-0.1, -0.05) is 12.1 Å². The van der Waals surface area contributed by atoms with E-state index in [1.165, 1.54) is 12.1 Å². The summed E-state index contributed by atoms with van der Waals surface area (Å²) in [6, 6.07) is 11.7. The predicted octanol–water partition coefficient (Wildman–Crippen LogP) is 3.29. The van der Waals surface area contributed by atoms with Crippen LogP contribution in [0.25, 0.3) is 0 Å². The summed E-state index contributed by atoms with van der Waals surface area (Å²) in [7, 11) is 1.58. The Bertz CT molecular complexity index is 703. The van der Waals surface area contributed by atoms with Gasteiger partial charge in [0.1, 0.15) is 5.75 Å². The lowest BCUT2D eigenvalue weighted by Gasteiger charge is -2.16. The van der Waals surface area contributed by atoms with Crippen molar-refractivity contribution in [2.24, 2.45) is 0 Å². The lowest BCUT2D eigenvalue weighted by Crippen LogP contribution is -2.13. The van der Waals surface area contributed by atoms with Gasteiger partial charge in [0.15, 0.2) is 0 Å². The molecule has 0 spiro atoms. The van der Waals surface area contributed by atoms with E-state index in [-0.39, 0.29) is 18.8 Å². The number of aliphatic hydroxyl groups is 1. The van der Waals surface area contributed by atoms with E-state index in [9.17, 15) is 15.2 Å². The fourth-order valence-corrected chi connectivity index (χ4v) is 2.35. The summed E-state index contributed by atoms with van der Waals surface area (Å²) in [6.45, 7) is 2.90. The molecular weight excluding hydrogens is 324 g/mol. The van der Waals surface area contributed by atoms with Crippen LogP contribution in [0.15, 0.2) is 42.5 Å². The zero-order valence-electron chi connectivity index (χ0n) is 14.3. The van der Waals surface area contributed by atoms with Crippen LogP contribution in [-0.2, 0) is 11.3 Å². The average Bonchev–Trinajstić information content (AvgIpc) is 2.64. The molecule has 0 saturated heterocycles. The first kappa shape index (κ1) is 18.7. The highest BCUT2D eigenvalue weighted by Crippen LogP contribution is 2.24. The topological polar surface area (TPSA) is 93.9 Å². The molecule has 0 bridgehead atoms. The Hall–Kier alpha value is -2.64. The maximum absolute atomic E-state index is 10.9. The number of nitrogens with one attached hydrogen (secondary N) is 1. The van der Waals surface area contributed by atoms with Crippen LogP contribution in [0.3, 0.4) is 0 Å². The molecule has 0 fully saturated rings. The van der Waals surface area contributed by atoms with E-state index in [4.69, 9.17) is 9.47 Å². The summed E-state index contributed by atoms with van der Waals surface area (Å²) < 4.78 is 10.5. The van der Waals surface area contributed by atoms with Crippen molar-refractivity contribution in [3.05, 3.63) is 63.7 Å². The Kier molecular flexibility index (Phi) is 6.73. The molecular formula is C18H22N2O5. The van der Waals surface area contributed by atoms with Crippen molar-refractivity contribution in [3.63, 3.8) is 0 Å². The summed E-state index contributed by atoms with van der Waals surface area (Å²) >= 11 is 0. The van der Waals surface area contributed by atoms with Crippen molar-refractivity contribution in [2.45, 2.75) is 19.6 Å². The highest BCUT2D eigenvalue weighted by Gasteiger charge is 2.13. The number of benzene rings is 2. The average molecular weight is 346 g/mol. The van der Waals surface area contributed by atoms with Crippen molar-refractivity contribution >= 4 is 11.4 Å². The third kappa shape index (κ3) is 5.17. The van der Waals surface area contributed by atoms with Crippen molar-refractivity contribution in [2.75, 3.05) is 25.6 Å². The van der Waals surface area contributed by atoms with Crippen LogP contribution in [0, 0.1) is 10.1 Å². The zero-order valence-corrected chi connectivity index (χ0v) is 14.3. The third-order valence-electron chi connectivity index (χ3n) is 3.75. The Morgan fingerprint density at radius 2 is 1.96 bits per heavy atom. The largest absolute Gasteiger partial charge is 0.497 e. The number of nitro benzene ring substituents is 1. The smallest absolute Gasteiger partial charge is 0.269 e. The second-order valence-electron chi connectivity index (χ2n) is 5.41. The third-order valence-corrected chi connectivity index (χ3v) is 3.75. The highest BCUT2D eigenvalue weighted by atomic mass is 16.6. The molecule has 2 N–H and O–H groups in total. The van der Waals surface area contributed by atoms with E-state index in [0.717, 1.165) is 11.3 Å². The fraction of sp³-hybridized carbons (Fsp3) is 0.333. The molecule has 2 rings (SSSR count). The van der Waals surface area contributed by atoms with Crippen LogP contribution in [0.5, 0.6) is 5.75 Å². The number of anilines is 1. The van der Waals surface area contributed by atoms with Gasteiger partial charge in [-0.25, -0.2) is 0 Å². The molecule has 2 aromatic rings. The minimum Gasteiger partial charge on any atom is -0.497 e. The number of methoxy groups -OCH3 is 1. The van der Waals surface area contributed by atoms with Crippen LogP contribution in [0.4, 0.5) is 11.4 Å². The normalized spacial score (nSPS) is 11.8. The van der Waals surface area contributed by atoms with E-state index in [1.807, 2.05) is 6.92 Å². The molecule has 1 atom stereocenters. The standard InChI is InChI=1S/C18H22N2O5/c1-3-25-12-14-10-15(20(22)23)6-9-17(14)19-11-18(21)13-4-7-16(24-2)8-5-13/h4-10,18-19,21H,3,11-12H2,1-2H3/t18-/m0/s1. The Morgan fingerprint density at radius 3 is 2.56 bits per heavy atom. The van der Waals surface area contributed by atoms with E-state index in [2.05, 4.69) is 5.32 Å². The zero-order chi connectivity index (χ0) is 18.2. The first-order valence-corrected chi connectivity index (χ1v) is 7.96. The van der Waals surface area contributed by atoms with Crippen molar-refractivity contribution in [3.8, 4) is 5.75 Å². The molecule has 7 heteroatoms. The number of hydrogen-bond donors (Lipinski definition) is 2. The summed E-state index contributed by atoms with van der Waals surface area (Å²) in [6.07, 6.45) is -0.721. The minimum absolute atomic E-state index is 0.0101. The number of non-ortho nitro benzene ring substituents is 1. The van der Waals surface area contributed by atoms with Crippen LogP contribution in [0.2, 0.25) is 0 Å². The maximum Gasteiger partial charge on any atom is 0.269 e. The molecule has 25 heavy (non-hydrogen) atoms. The summed E-state index contributed by atoms with van der Waals surface area (Å²) in [4.78, 5) is 10.5. The second-order valence-corrected chi connectivity index (χ2v) is 5.41. The van der Waals surface area contributed by atoms with Gasteiger partial charge in [-0.3, -0.25) is 10.1 Å². The summed E-state index contributed by atoms with van der Waals surface area (Å²) in [5, 5.41) is 24.4. The van der Waals surface area contributed by atoms with E-state index >= 15 is 0 Å². The quantitative estimate of drug-likeness (QED) is 0.534. The van der Waals surface area contributed by atoms with E-state index in [1.54, 1.807) is 37.4 Å². The molecule has 134 valence electrons. The van der Waals surface area contributed by atoms with Gasteiger partial charge in [0.2, 0.25) is 0 Å². The number of ether oxygens (including phenoxy) is 2. The van der Waals surface area contributed by atoms with Gasteiger partial charge in [-0.05, 0) is 30.7 Å². The van der Waals surface area contributed by atoms with Gasteiger partial charge in [-0.2, -0.15) is 0 Å². The molecule has 0 aromatic heterocycles. The molecule has 7 nitrogen and oxygen atoms in total. The van der Waals surface area contributed by atoms with Crippen molar-refractivity contribution < 1.29 is 19.5 Å². The Balaban J connectivity index is 2.08. The molecule has 0 amide bonds. The lowest BCUT2D eigenvalue weighted by molar-refractivity contribution is -0.384. The van der Waals surface area contributed by atoms with Gasteiger partial charge in [0.25, 0.3) is 5.69 Å². The maximum atomic E-state index is 10.9.